The number of hydrogen-bond donors (Lipinski definition) is 3. The van der Waals surface area contributed by atoms with Crippen LogP contribution in [-0.4, -0.2) is 96.7 Å². The average molecular weight is 1400 g/mol. The van der Waals surface area contributed by atoms with Gasteiger partial charge >= 0.3 is 39.5 Å². The monoisotopic (exact) mass is 1400 g/mol. The minimum atomic E-state index is -4.96. The molecule has 0 spiro atoms. The third-order valence-corrected chi connectivity index (χ3v) is 19.7. The highest BCUT2D eigenvalue weighted by molar-refractivity contribution is 7.47. The number of hydrogen-bond acceptors (Lipinski definition) is 15. The number of rotatable bonds is 76. The van der Waals surface area contributed by atoms with Gasteiger partial charge in [0, 0.05) is 25.7 Å². The van der Waals surface area contributed by atoms with Crippen molar-refractivity contribution in [3.63, 3.8) is 0 Å². The Bertz CT molecular complexity index is 1820. The molecule has 2 unspecified atom stereocenters. The molecule has 0 heterocycles. The van der Waals surface area contributed by atoms with Crippen LogP contribution >= 0.6 is 15.6 Å². The number of unbranched alkanes of at least 4 members (excludes halogenated alkanes) is 48. The average Bonchev–Trinajstić information content (AvgIpc) is 1.76. The molecule has 3 N–H and O–H groups in total. The van der Waals surface area contributed by atoms with Crippen LogP contribution < -0.4 is 0 Å². The van der Waals surface area contributed by atoms with Crippen molar-refractivity contribution in [3.8, 4) is 0 Å². The Balaban J connectivity index is 5.19. The van der Waals surface area contributed by atoms with Crippen LogP contribution in [0.25, 0.3) is 0 Å². The quantitative estimate of drug-likeness (QED) is 0.0222. The first-order valence-corrected chi connectivity index (χ1v) is 42.6. The Hall–Kier alpha value is -1.94. The molecule has 0 saturated heterocycles. The number of carbonyl (C=O) groups is 4. The van der Waals surface area contributed by atoms with Crippen LogP contribution in [0.2, 0.25) is 0 Å². The third-order valence-electron chi connectivity index (χ3n) is 17.8. The second kappa shape index (κ2) is 69.2. The van der Waals surface area contributed by atoms with Crippen molar-refractivity contribution in [2.45, 2.75) is 419 Å². The molecule has 19 heteroatoms. The fraction of sp³-hybridized carbons (Fsp3) is 0.947. The highest BCUT2D eigenvalue weighted by Crippen LogP contribution is 2.45. The maximum atomic E-state index is 13.1. The number of carbonyl (C=O) groups excluding carboxylic acids is 4. The summed E-state index contributed by atoms with van der Waals surface area (Å²) in [5, 5.41) is 10.6. The molecule has 5 atom stereocenters. The lowest BCUT2D eigenvalue weighted by Crippen LogP contribution is -2.30. The van der Waals surface area contributed by atoms with Crippen LogP contribution in [-0.2, 0) is 65.4 Å². The molecule has 0 aromatic heterocycles. The van der Waals surface area contributed by atoms with Crippen molar-refractivity contribution >= 4 is 39.5 Å². The molecule has 0 aliphatic rings. The van der Waals surface area contributed by atoms with Crippen molar-refractivity contribution in [3.05, 3.63) is 0 Å². The summed E-state index contributed by atoms with van der Waals surface area (Å²) in [5.74, 6) is -1.36. The predicted octanol–water partition coefficient (Wildman–Crippen LogP) is 22.5. The summed E-state index contributed by atoms with van der Waals surface area (Å²) in [5.41, 5.74) is 0. The fourth-order valence-electron chi connectivity index (χ4n) is 11.7. The summed E-state index contributed by atoms with van der Waals surface area (Å²) in [4.78, 5) is 72.7. The molecule has 17 nitrogen and oxygen atoms in total. The Morgan fingerprint density at radius 3 is 0.716 bits per heavy atom. The first-order valence-electron chi connectivity index (χ1n) is 39.6. The van der Waals surface area contributed by atoms with Crippen molar-refractivity contribution in [1.82, 2.24) is 0 Å². The van der Waals surface area contributed by atoms with Gasteiger partial charge in [-0.1, -0.05) is 349 Å². The van der Waals surface area contributed by atoms with Crippen LogP contribution in [0.5, 0.6) is 0 Å². The van der Waals surface area contributed by atoms with Crippen LogP contribution in [0.15, 0.2) is 0 Å². The van der Waals surface area contributed by atoms with Crippen molar-refractivity contribution in [2.24, 2.45) is 5.92 Å². The van der Waals surface area contributed by atoms with Gasteiger partial charge in [-0.05, 0) is 31.6 Å². The van der Waals surface area contributed by atoms with Gasteiger partial charge in [0.05, 0.1) is 26.4 Å². The molecule has 564 valence electrons. The van der Waals surface area contributed by atoms with E-state index in [0.717, 1.165) is 95.8 Å². The van der Waals surface area contributed by atoms with E-state index in [9.17, 15) is 43.2 Å². The van der Waals surface area contributed by atoms with Gasteiger partial charge in [0.25, 0.3) is 0 Å². The molecular formula is C76H148O17P2. The van der Waals surface area contributed by atoms with E-state index in [1.165, 1.54) is 225 Å². The van der Waals surface area contributed by atoms with Gasteiger partial charge in [-0.15, -0.1) is 0 Å². The van der Waals surface area contributed by atoms with E-state index in [1.807, 2.05) is 0 Å². The zero-order valence-electron chi connectivity index (χ0n) is 61.8. The summed E-state index contributed by atoms with van der Waals surface area (Å²) < 4.78 is 68.5. The van der Waals surface area contributed by atoms with Crippen LogP contribution in [0, 0.1) is 5.92 Å². The molecule has 0 radical (unpaired) electrons. The number of esters is 4. The topological polar surface area (TPSA) is 237 Å². The van der Waals surface area contributed by atoms with E-state index in [-0.39, 0.29) is 25.7 Å². The number of phosphoric acid groups is 2. The van der Waals surface area contributed by atoms with Crippen molar-refractivity contribution < 1.29 is 80.2 Å². The Morgan fingerprint density at radius 1 is 0.284 bits per heavy atom. The van der Waals surface area contributed by atoms with E-state index in [0.29, 0.717) is 25.7 Å². The standard InChI is InChI=1S/C76H148O17P2/c1-6-9-12-15-18-21-24-25-26-27-28-29-30-31-32-33-35-42-47-52-57-62-76(81)93-72(66-87-74(79)60-55-50-45-40-37-36-38-43-48-53-58-69(4)5)68-91-95(84,85)89-64-70(77)63-88-94(82,83)90-67-71(65-86-73(78)59-54-49-44-39-23-20-17-14-11-8-3)92-75(80)61-56-51-46-41-34-22-19-16-13-10-7-2/h69-72,77H,6-68H2,1-5H3,(H,82,83)(H,84,85)/t70-,71+,72+/m0/s1. The van der Waals surface area contributed by atoms with E-state index in [4.69, 9.17) is 37.0 Å². The maximum absolute atomic E-state index is 13.1. The summed E-state index contributed by atoms with van der Waals surface area (Å²) in [6.07, 6.45) is 58.3. The first kappa shape index (κ1) is 93.1. The molecule has 95 heavy (non-hydrogen) atoms. The second-order valence-electron chi connectivity index (χ2n) is 27.9. The molecule has 0 saturated carbocycles. The van der Waals surface area contributed by atoms with Gasteiger partial charge in [0.2, 0.25) is 0 Å². The Morgan fingerprint density at radius 2 is 0.484 bits per heavy atom. The molecule has 0 aliphatic carbocycles. The third kappa shape index (κ3) is 70.3. The molecule has 0 aliphatic heterocycles. The van der Waals surface area contributed by atoms with Gasteiger partial charge in [-0.25, -0.2) is 9.13 Å². The van der Waals surface area contributed by atoms with Crippen molar-refractivity contribution in [2.75, 3.05) is 39.6 Å². The normalized spacial score (nSPS) is 13.9. The van der Waals surface area contributed by atoms with Gasteiger partial charge < -0.3 is 33.8 Å². The molecule has 0 aromatic rings. The van der Waals surface area contributed by atoms with Gasteiger partial charge in [-0.2, -0.15) is 0 Å². The van der Waals surface area contributed by atoms with E-state index in [2.05, 4.69) is 34.6 Å². The smallest absolute Gasteiger partial charge is 0.462 e. The largest absolute Gasteiger partial charge is 0.472 e. The summed E-state index contributed by atoms with van der Waals surface area (Å²) in [6, 6.07) is 0. The van der Waals surface area contributed by atoms with E-state index in [1.54, 1.807) is 0 Å². The molecule has 0 fully saturated rings. The highest BCUT2D eigenvalue weighted by atomic mass is 31.2. The number of ether oxygens (including phenoxy) is 4. The van der Waals surface area contributed by atoms with E-state index >= 15 is 0 Å². The molecular weight excluding hydrogens is 1250 g/mol. The van der Waals surface area contributed by atoms with Crippen molar-refractivity contribution in [1.29, 1.82) is 0 Å². The lowest BCUT2D eigenvalue weighted by molar-refractivity contribution is -0.161. The second-order valence-corrected chi connectivity index (χ2v) is 30.8. The Kier molecular flexibility index (Phi) is 67.7. The number of phosphoric ester groups is 2. The number of aliphatic hydroxyl groups excluding tert-OH is 1. The highest BCUT2D eigenvalue weighted by Gasteiger charge is 2.30. The number of aliphatic hydroxyl groups is 1. The maximum Gasteiger partial charge on any atom is 0.472 e. The SMILES string of the molecule is CCCCCCCCCCCCCCCCCCCCCCCC(=O)O[C@H](COC(=O)CCCCCCCCCCCCC(C)C)COP(=O)(O)OC[C@@H](O)COP(=O)(O)OC[C@@H](COC(=O)CCCCCCCCCCCC)OC(=O)CCCCCCCCCCCCC. The zero-order chi connectivity index (χ0) is 69.8. The Labute approximate surface area is 581 Å². The summed E-state index contributed by atoms with van der Waals surface area (Å²) in [6.45, 7) is 7.27. The van der Waals surface area contributed by atoms with E-state index < -0.39 is 97.5 Å². The lowest BCUT2D eigenvalue weighted by Gasteiger charge is -2.21. The minimum Gasteiger partial charge on any atom is -0.462 e. The molecule has 0 bridgehead atoms. The predicted molar refractivity (Wildman–Crippen MR) is 386 cm³/mol. The van der Waals surface area contributed by atoms with Crippen LogP contribution in [0.1, 0.15) is 401 Å². The summed E-state index contributed by atoms with van der Waals surface area (Å²) in [7, 11) is -9.91. The molecule has 0 aromatic carbocycles. The molecule has 0 amide bonds. The van der Waals surface area contributed by atoms with Gasteiger partial charge in [-0.3, -0.25) is 37.3 Å². The minimum absolute atomic E-state index is 0.107. The van der Waals surface area contributed by atoms with Gasteiger partial charge in [0.1, 0.15) is 19.3 Å². The van der Waals surface area contributed by atoms with Crippen LogP contribution in [0.3, 0.4) is 0 Å². The zero-order valence-corrected chi connectivity index (χ0v) is 63.6. The first-order chi connectivity index (χ1) is 46.0. The lowest BCUT2D eigenvalue weighted by atomic mass is 10.0. The fourth-order valence-corrected chi connectivity index (χ4v) is 13.3. The molecule has 0 rings (SSSR count). The van der Waals surface area contributed by atoms with Crippen LogP contribution in [0.4, 0.5) is 0 Å². The van der Waals surface area contributed by atoms with Gasteiger partial charge in [0.15, 0.2) is 12.2 Å². The summed E-state index contributed by atoms with van der Waals surface area (Å²) >= 11 is 0.